The Morgan fingerprint density at radius 1 is 1.13 bits per heavy atom. The Bertz CT molecular complexity index is 954. The quantitative estimate of drug-likeness (QED) is 0.661. The fourth-order valence-corrected chi connectivity index (χ4v) is 4.30. The molecule has 0 N–H and O–H groups in total. The number of nitrogens with zero attached hydrogens (tertiary/aromatic N) is 1. The molecule has 2 aromatic heterocycles. The van der Waals surface area contributed by atoms with Gasteiger partial charge >= 0.3 is 5.63 Å². The molecule has 0 radical (unpaired) electrons. The van der Waals surface area contributed by atoms with E-state index in [9.17, 15) is 4.79 Å². The van der Waals surface area contributed by atoms with E-state index in [4.69, 9.17) is 16.0 Å². The van der Waals surface area contributed by atoms with E-state index in [1.807, 2.05) is 30.3 Å². The molecule has 3 nitrogen and oxygen atoms in total. The average Bonchev–Trinajstić information content (AvgIpc) is 2.93. The summed E-state index contributed by atoms with van der Waals surface area (Å²) < 4.78 is 5.39. The molecule has 0 fully saturated rings. The molecule has 0 bridgehead atoms. The Labute approximate surface area is 142 Å². The minimum absolute atomic E-state index is 0.273. The van der Waals surface area contributed by atoms with Gasteiger partial charge < -0.3 is 4.42 Å². The highest BCUT2D eigenvalue weighted by atomic mass is 35.5. The summed E-state index contributed by atoms with van der Waals surface area (Å²) in [4.78, 5) is 18.9. The van der Waals surface area contributed by atoms with E-state index < -0.39 is 0 Å². The highest BCUT2D eigenvalue weighted by molar-refractivity contribution is 7.18. The van der Waals surface area contributed by atoms with E-state index >= 15 is 0 Å². The van der Waals surface area contributed by atoms with Crippen molar-refractivity contribution in [1.29, 1.82) is 0 Å². The fourth-order valence-electron chi connectivity index (χ4n) is 2.92. The van der Waals surface area contributed by atoms with Crippen LogP contribution in [0.1, 0.15) is 34.7 Å². The molecule has 5 heteroatoms. The van der Waals surface area contributed by atoms with Crippen molar-refractivity contribution in [1.82, 2.24) is 4.98 Å². The lowest BCUT2D eigenvalue weighted by atomic mass is 9.97. The molecule has 0 amide bonds. The van der Waals surface area contributed by atoms with Crippen LogP contribution in [0.2, 0.25) is 5.02 Å². The molecule has 23 heavy (non-hydrogen) atoms. The van der Waals surface area contributed by atoms with Crippen LogP contribution in [-0.4, -0.2) is 4.98 Å². The Kier molecular flexibility index (Phi) is 3.79. The molecule has 1 aliphatic carbocycles. The lowest BCUT2D eigenvalue weighted by molar-refractivity contribution is 0.490. The molecule has 0 aliphatic heterocycles. The molecule has 0 spiro atoms. The van der Waals surface area contributed by atoms with Gasteiger partial charge in [-0.15, -0.1) is 11.3 Å². The zero-order valence-corrected chi connectivity index (χ0v) is 13.9. The van der Waals surface area contributed by atoms with Crippen molar-refractivity contribution >= 4 is 45.3 Å². The van der Waals surface area contributed by atoms with E-state index in [0.717, 1.165) is 35.2 Å². The minimum Gasteiger partial charge on any atom is -0.404 e. The van der Waals surface area contributed by atoms with Crippen molar-refractivity contribution in [2.75, 3.05) is 0 Å². The second-order valence-corrected chi connectivity index (χ2v) is 7.14. The first-order valence-corrected chi connectivity index (χ1v) is 8.79. The molecule has 116 valence electrons. The van der Waals surface area contributed by atoms with Gasteiger partial charge in [0.2, 0.25) is 5.89 Å². The molecule has 0 unspecified atom stereocenters. The maximum atomic E-state index is 12.3. The third kappa shape index (κ3) is 2.84. The lowest BCUT2D eigenvalue weighted by Gasteiger charge is -2.09. The van der Waals surface area contributed by atoms with E-state index in [0.29, 0.717) is 16.3 Å². The van der Waals surface area contributed by atoms with E-state index in [1.165, 1.54) is 11.3 Å². The first kappa shape index (κ1) is 14.7. The van der Waals surface area contributed by atoms with Gasteiger partial charge in [0.05, 0.1) is 0 Å². The van der Waals surface area contributed by atoms with Crippen molar-refractivity contribution in [2.45, 2.75) is 25.7 Å². The molecular weight excluding hydrogens is 330 g/mol. The first-order valence-electron chi connectivity index (χ1n) is 7.60. The van der Waals surface area contributed by atoms with Crippen LogP contribution in [0.15, 0.2) is 33.5 Å². The number of aryl methyl sites for hydroxylation is 2. The van der Waals surface area contributed by atoms with Crippen LogP contribution in [0.5, 0.6) is 0 Å². The topological polar surface area (TPSA) is 43.1 Å². The van der Waals surface area contributed by atoms with Crippen molar-refractivity contribution in [3.8, 4) is 0 Å². The Hall–Kier alpha value is -1.91. The molecule has 0 saturated carbocycles. The van der Waals surface area contributed by atoms with Gasteiger partial charge in [0.1, 0.15) is 10.2 Å². The maximum Gasteiger partial charge on any atom is 0.348 e. The van der Waals surface area contributed by atoms with Crippen LogP contribution in [-0.2, 0) is 12.8 Å². The summed E-state index contributed by atoms with van der Waals surface area (Å²) in [5.41, 5.74) is 1.86. The molecule has 2 heterocycles. The van der Waals surface area contributed by atoms with Crippen LogP contribution >= 0.6 is 22.9 Å². The van der Waals surface area contributed by atoms with E-state index in [-0.39, 0.29) is 5.63 Å². The van der Waals surface area contributed by atoms with Gasteiger partial charge in [0, 0.05) is 16.0 Å². The van der Waals surface area contributed by atoms with Crippen LogP contribution in [0, 0.1) is 0 Å². The van der Waals surface area contributed by atoms with Gasteiger partial charge in [-0.2, -0.15) is 0 Å². The lowest BCUT2D eigenvalue weighted by Crippen LogP contribution is -2.06. The predicted octanol–water partition coefficient (Wildman–Crippen LogP) is 4.95. The highest BCUT2D eigenvalue weighted by Crippen LogP contribution is 2.33. The Morgan fingerprint density at radius 2 is 1.91 bits per heavy atom. The summed E-state index contributed by atoms with van der Waals surface area (Å²) in [5.74, 6) is 0.344. The second-order valence-electron chi connectivity index (χ2n) is 5.62. The van der Waals surface area contributed by atoms with Gasteiger partial charge in [-0.3, -0.25) is 0 Å². The zero-order chi connectivity index (χ0) is 15.8. The van der Waals surface area contributed by atoms with Gasteiger partial charge in [0.25, 0.3) is 0 Å². The number of halogens is 1. The summed E-state index contributed by atoms with van der Waals surface area (Å²) in [6.45, 7) is 0. The summed E-state index contributed by atoms with van der Waals surface area (Å²) >= 11 is 7.50. The number of fused-ring (bicyclic) bond motifs is 3. The van der Waals surface area contributed by atoms with Crippen molar-refractivity contribution in [2.24, 2.45) is 0 Å². The zero-order valence-electron chi connectivity index (χ0n) is 12.3. The predicted molar refractivity (Wildman–Crippen MR) is 95.2 cm³/mol. The summed E-state index contributed by atoms with van der Waals surface area (Å²) in [6, 6.07) is 7.45. The van der Waals surface area contributed by atoms with Gasteiger partial charge in [-0.05, 0) is 55.0 Å². The largest absolute Gasteiger partial charge is 0.404 e. The van der Waals surface area contributed by atoms with E-state index in [2.05, 4.69) is 4.98 Å². The van der Waals surface area contributed by atoms with Crippen LogP contribution in [0.4, 0.5) is 0 Å². The van der Waals surface area contributed by atoms with Gasteiger partial charge in [0.15, 0.2) is 0 Å². The standard InChI is InChI=1S/C18H14ClNO2S/c19-12-8-5-11(6-9-12)7-10-15-20-17-16(18(21)22-15)13-3-1-2-4-14(13)23-17/h5-10H,1-4H2/b10-7+. The third-order valence-electron chi connectivity index (χ3n) is 4.05. The summed E-state index contributed by atoms with van der Waals surface area (Å²) in [7, 11) is 0. The number of rotatable bonds is 2. The third-order valence-corrected chi connectivity index (χ3v) is 5.49. The van der Waals surface area contributed by atoms with Crippen molar-refractivity contribution in [3.05, 3.63) is 61.6 Å². The normalized spacial score (nSPS) is 14.5. The molecule has 1 aliphatic rings. The summed E-state index contributed by atoms with van der Waals surface area (Å²) in [6.07, 6.45) is 7.92. The van der Waals surface area contributed by atoms with E-state index in [1.54, 1.807) is 17.4 Å². The van der Waals surface area contributed by atoms with Crippen molar-refractivity contribution in [3.63, 3.8) is 0 Å². The Balaban J connectivity index is 1.74. The maximum absolute atomic E-state index is 12.3. The molecule has 0 atom stereocenters. The first-order chi connectivity index (χ1) is 11.2. The van der Waals surface area contributed by atoms with Gasteiger partial charge in [-0.25, -0.2) is 9.78 Å². The molecular formula is C18H14ClNO2S. The van der Waals surface area contributed by atoms with Crippen molar-refractivity contribution < 1.29 is 4.42 Å². The second kappa shape index (κ2) is 5.95. The average molecular weight is 344 g/mol. The van der Waals surface area contributed by atoms with Crippen LogP contribution in [0.3, 0.4) is 0 Å². The van der Waals surface area contributed by atoms with Gasteiger partial charge in [-0.1, -0.05) is 23.7 Å². The smallest absolute Gasteiger partial charge is 0.348 e. The number of thiophene rings is 1. The molecule has 0 saturated heterocycles. The number of benzene rings is 1. The Morgan fingerprint density at radius 3 is 2.74 bits per heavy atom. The SMILES string of the molecule is O=c1oc(/C=C/c2ccc(Cl)cc2)nc2sc3c(c12)CCCC3. The van der Waals surface area contributed by atoms with Crippen LogP contribution < -0.4 is 5.63 Å². The number of aromatic nitrogens is 1. The molecule has 1 aromatic carbocycles. The van der Waals surface area contributed by atoms with Crippen LogP contribution in [0.25, 0.3) is 22.4 Å². The highest BCUT2D eigenvalue weighted by Gasteiger charge is 2.20. The molecule has 4 rings (SSSR count). The summed E-state index contributed by atoms with van der Waals surface area (Å²) in [5, 5.41) is 1.38. The monoisotopic (exact) mass is 343 g/mol. The fraction of sp³-hybridized carbons (Fsp3) is 0.222. The number of hydrogen-bond acceptors (Lipinski definition) is 4. The molecule has 3 aromatic rings. The number of hydrogen-bond donors (Lipinski definition) is 0. The minimum atomic E-state index is -0.273.